The van der Waals surface area contributed by atoms with Crippen LogP contribution in [0, 0.1) is 6.92 Å². The smallest absolute Gasteiger partial charge is 0.119 e. The molecule has 124 valence electrons. The van der Waals surface area contributed by atoms with Gasteiger partial charge in [-0.15, -0.1) is 0 Å². The molecular weight excluding hydrogens is 286 g/mol. The number of rotatable bonds is 9. The van der Waals surface area contributed by atoms with Gasteiger partial charge in [0.1, 0.15) is 12.4 Å². The Hall–Kier alpha value is -1.84. The first-order valence-corrected chi connectivity index (χ1v) is 8.20. The van der Waals surface area contributed by atoms with Gasteiger partial charge < -0.3 is 14.8 Å². The van der Waals surface area contributed by atoms with Crippen LogP contribution in [0.15, 0.2) is 54.6 Å². The number of benzene rings is 2. The highest BCUT2D eigenvalue weighted by Crippen LogP contribution is 2.12. The minimum atomic E-state index is 0.167. The van der Waals surface area contributed by atoms with E-state index in [1.165, 1.54) is 11.1 Å². The van der Waals surface area contributed by atoms with Crippen molar-refractivity contribution in [1.29, 1.82) is 0 Å². The molecule has 23 heavy (non-hydrogen) atoms. The predicted molar refractivity (Wildman–Crippen MR) is 94.8 cm³/mol. The van der Waals surface area contributed by atoms with Gasteiger partial charge >= 0.3 is 0 Å². The molecule has 0 spiro atoms. The van der Waals surface area contributed by atoms with E-state index in [4.69, 9.17) is 9.47 Å². The zero-order valence-electron chi connectivity index (χ0n) is 14.3. The van der Waals surface area contributed by atoms with Crippen LogP contribution >= 0.6 is 0 Å². The molecule has 0 saturated carbocycles. The number of ether oxygens (including phenoxy) is 2. The fourth-order valence-corrected chi connectivity index (χ4v) is 2.34. The van der Waals surface area contributed by atoms with Crippen molar-refractivity contribution < 1.29 is 9.47 Å². The minimum absolute atomic E-state index is 0.167. The quantitative estimate of drug-likeness (QED) is 0.760. The Labute approximate surface area is 139 Å². The van der Waals surface area contributed by atoms with Crippen molar-refractivity contribution in [3.8, 4) is 5.75 Å². The molecule has 1 atom stereocenters. The number of nitrogens with one attached hydrogen (secondary N) is 1. The number of hydrogen-bond donors (Lipinski definition) is 1. The van der Waals surface area contributed by atoms with Crippen LogP contribution < -0.4 is 10.1 Å². The SMILES string of the molecule is Cc1ccc(OC[C@@H](COCc2ccccc2)NC(C)C)cc1. The molecule has 3 heteroatoms. The highest BCUT2D eigenvalue weighted by molar-refractivity contribution is 5.26. The van der Waals surface area contributed by atoms with Crippen molar-refractivity contribution >= 4 is 0 Å². The highest BCUT2D eigenvalue weighted by Gasteiger charge is 2.11. The summed E-state index contributed by atoms with van der Waals surface area (Å²) in [5.74, 6) is 0.897. The summed E-state index contributed by atoms with van der Waals surface area (Å²) in [6.07, 6.45) is 0. The van der Waals surface area contributed by atoms with Gasteiger partial charge in [0.25, 0.3) is 0 Å². The second-order valence-electron chi connectivity index (χ2n) is 6.14. The molecule has 0 saturated heterocycles. The molecule has 2 aromatic carbocycles. The molecule has 0 fully saturated rings. The molecule has 1 N–H and O–H groups in total. The van der Waals surface area contributed by atoms with Crippen molar-refractivity contribution in [3.05, 3.63) is 65.7 Å². The van der Waals surface area contributed by atoms with E-state index in [0.717, 1.165) is 5.75 Å². The van der Waals surface area contributed by atoms with Crippen molar-refractivity contribution in [2.24, 2.45) is 0 Å². The maximum absolute atomic E-state index is 5.88. The van der Waals surface area contributed by atoms with Crippen LogP contribution in [0.1, 0.15) is 25.0 Å². The molecule has 0 aliphatic carbocycles. The summed E-state index contributed by atoms with van der Waals surface area (Å²) in [6.45, 7) is 8.19. The summed E-state index contributed by atoms with van der Waals surface area (Å²) in [5, 5.41) is 3.50. The zero-order valence-corrected chi connectivity index (χ0v) is 14.3. The van der Waals surface area contributed by atoms with Gasteiger partial charge in [0.05, 0.1) is 19.3 Å². The maximum Gasteiger partial charge on any atom is 0.119 e. The van der Waals surface area contributed by atoms with E-state index < -0.39 is 0 Å². The van der Waals surface area contributed by atoms with E-state index in [0.29, 0.717) is 25.9 Å². The topological polar surface area (TPSA) is 30.5 Å². The Morgan fingerprint density at radius 1 is 0.913 bits per heavy atom. The van der Waals surface area contributed by atoms with Crippen molar-refractivity contribution in [2.75, 3.05) is 13.2 Å². The van der Waals surface area contributed by atoms with Crippen molar-refractivity contribution in [3.63, 3.8) is 0 Å². The second-order valence-corrected chi connectivity index (χ2v) is 6.14. The van der Waals surface area contributed by atoms with Crippen LogP contribution in [0.2, 0.25) is 0 Å². The van der Waals surface area contributed by atoms with Gasteiger partial charge in [-0.2, -0.15) is 0 Å². The molecule has 2 aromatic rings. The Balaban J connectivity index is 1.80. The van der Waals surface area contributed by atoms with Crippen LogP contribution in [-0.2, 0) is 11.3 Å². The first-order valence-electron chi connectivity index (χ1n) is 8.20. The Kier molecular flexibility index (Phi) is 7.11. The third-order valence-corrected chi connectivity index (χ3v) is 3.47. The molecular formula is C20H27NO2. The van der Waals surface area contributed by atoms with E-state index in [2.05, 4.69) is 50.4 Å². The molecule has 0 unspecified atom stereocenters. The summed E-state index contributed by atoms with van der Waals surface area (Å²) in [5.41, 5.74) is 2.43. The minimum Gasteiger partial charge on any atom is -0.492 e. The summed E-state index contributed by atoms with van der Waals surface area (Å²) >= 11 is 0. The first-order chi connectivity index (χ1) is 11.1. The van der Waals surface area contributed by atoms with Crippen LogP contribution in [0.3, 0.4) is 0 Å². The predicted octanol–water partition coefficient (Wildman–Crippen LogP) is 3.96. The molecule has 0 amide bonds. The van der Waals surface area contributed by atoms with Crippen LogP contribution in [0.5, 0.6) is 5.75 Å². The van der Waals surface area contributed by atoms with E-state index >= 15 is 0 Å². The number of aryl methyl sites for hydroxylation is 1. The summed E-state index contributed by atoms with van der Waals surface area (Å²) in [7, 11) is 0. The van der Waals surface area contributed by atoms with E-state index in [-0.39, 0.29) is 6.04 Å². The molecule has 2 rings (SSSR count). The lowest BCUT2D eigenvalue weighted by molar-refractivity contribution is 0.0797. The van der Waals surface area contributed by atoms with Gasteiger partial charge in [-0.25, -0.2) is 0 Å². The molecule has 0 bridgehead atoms. The van der Waals surface area contributed by atoms with Gasteiger partial charge in [-0.3, -0.25) is 0 Å². The maximum atomic E-state index is 5.88. The molecule has 3 nitrogen and oxygen atoms in total. The van der Waals surface area contributed by atoms with Crippen LogP contribution in [0.4, 0.5) is 0 Å². The third kappa shape index (κ3) is 6.85. The molecule has 0 aliphatic heterocycles. The van der Waals surface area contributed by atoms with Gasteiger partial charge in [-0.05, 0) is 24.6 Å². The third-order valence-electron chi connectivity index (χ3n) is 3.47. The standard InChI is InChI=1S/C20H27NO2/c1-16(2)21-19(14-22-13-18-7-5-4-6-8-18)15-23-20-11-9-17(3)10-12-20/h4-12,16,19,21H,13-15H2,1-3H3/t19-/m1/s1. The second kappa shape index (κ2) is 9.33. The van der Waals surface area contributed by atoms with Crippen molar-refractivity contribution in [1.82, 2.24) is 5.32 Å². The monoisotopic (exact) mass is 313 g/mol. The zero-order chi connectivity index (χ0) is 16.5. The van der Waals surface area contributed by atoms with Gasteiger partial charge in [-0.1, -0.05) is 61.9 Å². The van der Waals surface area contributed by atoms with Gasteiger partial charge in [0, 0.05) is 6.04 Å². The van der Waals surface area contributed by atoms with Gasteiger partial charge in [0.2, 0.25) is 0 Å². The molecule has 0 heterocycles. The Morgan fingerprint density at radius 3 is 2.26 bits per heavy atom. The normalized spacial score (nSPS) is 12.3. The molecule has 0 aliphatic rings. The molecule has 0 radical (unpaired) electrons. The Morgan fingerprint density at radius 2 is 1.61 bits per heavy atom. The first kappa shape index (κ1) is 17.5. The summed E-state index contributed by atoms with van der Waals surface area (Å²) in [4.78, 5) is 0. The van der Waals surface area contributed by atoms with Gasteiger partial charge in [0.15, 0.2) is 0 Å². The number of hydrogen-bond acceptors (Lipinski definition) is 3. The highest BCUT2D eigenvalue weighted by atomic mass is 16.5. The average molecular weight is 313 g/mol. The van der Waals surface area contributed by atoms with Crippen LogP contribution in [0.25, 0.3) is 0 Å². The fourth-order valence-electron chi connectivity index (χ4n) is 2.34. The summed E-state index contributed by atoms with van der Waals surface area (Å²) in [6, 6.07) is 18.9. The Bertz CT molecular complexity index is 552. The van der Waals surface area contributed by atoms with E-state index in [1.54, 1.807) is 0 Å². The lowest BCUT2D eigenvalue weighted by atomic mass is 10.2. The van der Waals surface area contributed by atoms with E-state index in [1.807, 2.05) is 30.3 Å². The van der Waals surface area contributed by atoms with Crippen LogP contribution in [-0.4, -0.2) is 25.3 Å². The lowest BCUT2D eigenvalue weighted by Crippen LogP contribution is -2.42. The van der Waals surface area contributed by atoms with E-state index in [9.17, 15) is 0 Å². The largest absolute Gasteiger partial charge is 0.492 e. The average Bonchev–Trinajstić information content (AvgIpc) is 2.54. The lowest BCUT2D eigenvalue weighted by Gasteiger charge is -2.22. The summed E-state index contributed by atoms with van der Waals surface area (Å²) < 4.78 is 11.7. The molecule has 0 aromatic heterocycles. The fraction of sp³-hybridized carbons (Fsp3) is 0.400. The van der Waals surface area contributed by atoms with Crippen molar-refractivity contribution in [2.45, 2.75) is 39.5 Å².